The molecule has 1 aromatic rings. The number of nitrogens with one attached hydrogen (secondary N) is 1. The molecule has 0 bridgehead atoms. The van der Waals surface area contributed by atoms with Crippen molar-refractivity contribution < 1.29 is 9.53 Å². The van der Waals surface area contributed by atoms with Crippen molar-refractivity contribution >= 4 is 17.3 Å². The molecule has 0 radical (unpaired) electrons. The molecule has 0 aromatic carbocycles. The summed E-state index contributed by atoms with van der Waals surface area (Å²) in [5, 5.41) is 5.46. The molecular weight excluding hydrogens is 246 g/mol. The van der Waals surface area contributed by atoms with Gasteiger partial charge in [-0.3, -0.25) is 10.1 Å². The van der Waals surface area contributed by atoms with Gasteiger partial charge in [0, 0.05) is 10.9 Å². The molecule has 0 aliphatic heterocycles. The number of methoxy groups -OCH3 is 1. The first-order valence-electron chi connectivity index (χ1n) is 6.33. The van der Waals surface area contributed by atoms with E-state index < -0.39 is 0 Å². The summed E-state index contributed by atoms with van der Waals surface area (Å²) in [4.78, 5) is 13.0. The zero-order chi connectivity index (χ0) is 13.7. The van der Waals surface area contributed by atoms with Gasteiger partial charge in [0.1, 0.15) is 6.04 Å². The average molecular weight is 269 g/mol. The van der Waals surface area contributed by atoms with E-state index in [0.717, 1.165) is 6.42 Å². The molecule has 0 amide bonds. The van der Waals surface area contributed by atoms with E-state index in [4.69, 9.17) is 4.74 Å². The fourth-order valence-electron chi connectivity index (χ4n) is 2.05. The van der Waals surface area contributed by atoms with Crippen LogP contribution < -0.4 is 5.32 Å². The molecule has 102 valence electrons. The summed E-state index contributed by atoms with van der Waals surface area (Å²) in [5.41, 5.74) is 1.27. The maximum absolute atomic E-state index is 11.8. The minimum atomic E-state index is -0.230. The highest BCUT2D eigenvalue weighted by Crippen LogP contribution is 2.24. The number of thiophene rings is 1. The summed E-state index contributed by atoms with van der Waals surface area (Å²) in [5.74, 6) is 0.281. The van der Waals surface area contributed by atoms with E-state index in [1.54, 1.807) is 11.3 Å². The van der Waals surface area contributed by atoms with Gasteiger partial charge in [-0.25, -0.2) is 0 Å². The third kappa shape index (κ3) is 4.10. The lowest BCUT2D eigenvalue weighted by Crippen LogP contribution is -2.40. The van der Waals surface area contributed by atoms with E-state index >= 15 is 0 Å². The first kappa shape index (κ1) is 15.2. The predicted octanol–water partition coefficient (Wildman–Crippen LogP) is 3.29. The summed E-state index contributed by atoms with van der Waals surface area (Å²) < 4.78 is 4.86. The molecule has 1 aromatic heterocycles. The van der Waals surface area contributed by atoms with Gasteiger partial charge in [-0.15, -0.1) is 11.3 Å². The lowest BCUT2D eigenvalue weighted by molar-refractivity contribution is -0.143. The number of ether oxygens (including phenoxy) is 1. The number of esters is 1. The Labute approximate surface area is 114 Å². The first-order valence-corrected chi connectivity index (χ1v) is 7.21. The second kappa shape index (κ2) is 6.90. The Morgan fingerprint density at radius 3 is 2.56 bits per heavy atom. The third-order valence-corrected chi connectivity index (χ3v) is 4.14. The highest BCUT2D eigenvalue weighted by molar-refractivity contribution is 7.10. The molecule has 0 saturated heterocycles. The number of rotatable bonds is 6. The van der Waals surface area contributed by atoms with E-state index in [1.165, 1.54) is 17.6 Å². The van der Waals surface area contributed by atoms with Crippen LogP contribution in [0.1, 0.15) is 43.7 Å². The number of carbonyl (C=O) groups excluding carboxylic acids is 1. The van der Waals surface area contributed by atoms with Crippen LogP contribution in [-0.4, -0.2) is 19.1 Å². The maximum atomic E-state index is 11.8. The Bertz CT molecular complexity index is 387. The summed E-state index contributed by atoms with van der Waals surface area (Å²) in [6.07, 6.45) is 0.793. The van der Waals surface area contributed by atoms with Gasteiger partial charge in [0.25, 0.3) is 0 Å². The smallest absolute Gasteiger partial charge is 0.322 e. The van der Waals surface area contributed by atoms with Crippen molar-refractivity contribution in [1.82, 2.24) is 5.32 Å². The quantitative estimate of drug-likeness (QED) is 0.805. The van der Waals surface area contributed by atoms with Gasteiger partial charge in [0.2, 0.25) is 0 Å². The molecule has 0 fully saturated rings. The Balaban J connectivity index is 2.71. The molecule has 0 saturated carbocycles. The first-order chi connectivity index (χ1) is 8.45. The van der Waals surface area contributed by atoms with Crippen molar-refractivity contribution in [3.05, 3.63) is 21.9 Å². The largest absolute Gasteiger partial charge is 0.468 e. The Kier molecular flexibility index (Phi) is 5.82. The second-order valence-electron chi connectivity index (χ2n) is 5.06. The van der Waals surface area contributed by atoms with E-state index in [0.29, 0.717) is 5.92 Å². The summed E-state index contributed by atoms with van der Waals surface area (Å²) in [6.45, 7) is 8.41. The van der Waals surface area contributed by atoms with Crippen molar-refractivity contribution in [2.45, 2.75) is 46.2 Å². The standard InChI is InChI=1S/C14H23NO2S/c1-9(2)8-12(14(16)17-5)15-11(4)13-10(3)6-7-18-13/h6-7,9,11-12,15H,8H2,1-5H3. The highest BCUT2D eigenvalue weighted by atomic mass is 32.1. The monoisotopic (exact) mass is 269 g/mol. The van der Waals surface area contributed by atoms with Gasteiger partial charge < -0.3 is 4.74 Å². The maximum Gasteiger partial charge on any atom is 0.322 e. The lowest BCUT2D eigenvalue weighted by Gasteiger charge is -2.22. The zero-order valence-corrected chi connectivity index (χ0v) is 12.6. The fraction of sp³-hybridized carbons (Fsp3) is 0.643. The van der Waals surface area contributed by atoms with E-state index in [1.807, 2.05) is 0 Å². The molecule has 0 aliphatic carbocycles. The molecule has 0 aliphatic rings. The van der Waals surface area contributed by atoms with Crippen molar-refractivity contribution in [1.29, 1.82) is 0 Å². The Morgan fingerprint density at radius 2 is 2.11 bits per heavy atom. The molecule has 3 nitrogen and oxygen atoms in total. The van der Waals surface area contributed by atoms with Crippen LogP contribution >= 0.6 is 11.3 Å². The predicted molar refractivity (Wildman–Crippen MR) is 75.9 cm³/mol. The molecule has 0 spiro atoms. The van der Waals surface area contributed by atoms with Crippen LogP contribution in [0.2, 0.25) is 0 Å². The van der Waals surface area contributed by atoms with E-state index in [2.05, 4.69) is 44.5 Å². The summed E-state index contributed by atoms with van der Waals surface area (Å²) in [7, 11) is 1.44. The van der Waals surface area contributed by atoms with Gasteiger partial charge in [-0.2, -0.15) is 0 Å². The molecule has 1 rings (SSSR count). The lowest BCUT2D eigenvalue weighted by atomic mass is 10.0. The summed E-state index contributed by atoms with van der Waals surface area (Å²) in [6, 6.07) is 2.05. The Morgan fingerprint density at radius 1 is 1.44 bits per heavy atom. The number of aryl methyl sites for hydroxylation is 1. The van der Waals surface area contributed by atoms with Gasteiger partial charge in [-0.05, 0) is 43.2 Å². The zero-order valence-electron chi connectivity index (χ0n) is 11.8. The average Bonchev–Trinajstić information content (AvgIpc) is 2.73. The van der Waals surface area contributed by atoms with Crippen LogP contribution in [0.25, 0.3) is 0 Å². The van der Waals surface area contributed by atoms with Gasteiger partial charge in [0.15, 0.2) is 0 Å². The van der Waals surface area contributed by atoms with Crippen LogP contribution in [0.4, 0.5) is 0 Å². The molecule has 1 heterocycles. The van der Waals surface area contributed by atoms with Crippen LogP contribution in [-0.2, 0) is 9.53 Å². The van der Waals surface area contributed by atoms with Crippen LogP contribution in [0.3, 0.4) is 0 Å². The van der Waals surface area contributed by atoms with Gasteiger partial charge in [-0.1, -0.05) is 13.8 Å². The van der Waals surface area contributed by atoms with Crippen LogP contribution in [0.5, 0.6) is 0 Å². The van der Waals surface area contributed by atoms with Crippen molar-refractivity contribution in [3.63, 3.8) is 0 Å². The number of hydrogen-bond acceptors (Lipinski definition) is 4. The summed E-state index contributed by atoms with van der Waals surface area (Å²) >= 11 is 1.72. The molecule has 2 atom stereocenters. The third-order valence-electron chi connectivity index (χ3n) is 2.94. The van der Waals surface area contributed by atoms with Crippen molar-refractivity contribution in [2.75, 3.05) is 7.11 Å². The minimum Gasteiger partial charge on any atom is -0.468 e. The van der Waals surface area contributed by atoms with Crippen molar-refractivity contribution in [2.24, 2.45) is 5.92 Å². The molecular formula is C14H23NO2S. The van der Waals surface area contributed by atoms with Crippen LogP contribution in [0, 0.1) is 12.8 Å². The molecule has 1 N–H and O–H groups in total. The normalized spacial score (nSPS) is 14.6. The van der Waals surface area contributed by atoms with Gasteiger partial charge in [0.05, 0.1) is 7.11 Å². The number of hydrogen-bond donors (Lipinski definition) is 1. The fourth-order valence-corrected chi connectivity index (χ4v) is 3.00. The van der Waals surface area contributed by atoms with Crippen molar-refractivity contribution in [3.8, 4) is 0 Å². The molecule has 4 heteroatoms. The number of carbonyl (C=O) groups is 1. The van der Waals surface area contributed by atoms with Gasteiger partial charge >= 0.3 is 5.97 Å². The topological polar surface area (TPSA) is 38.3 Å². The van der Waals surface area contributed by atoms with E-state index in [9.17, 15) is 4.79 Å². The van der Waals surface area contributed by atoms with E-state index in [-0.39, 0.29) is 18.1 Å². The molecule has 18 heavy (non-hydrogen) atoms. The highest BCUT2D eigenvalue weighted by Gasteiger charge is 2.23. The Hall–Kier alpha value is -0.870. The minimum absolute atomic E-state index is 0.174. The van der Waals surface area contributed by atoms with Crippen LogP contribution in [0.15, 0.2) is 11.4 Å². The second-order valence-corrected chi connectivity index (χ2v) is 6.01. The molecule has 2 unspecified atom stereocenters. The SMILES string of the molecule is COC(=O)C(CC(C)C)NC(C)c1sccc1C.